The van der Waals surface area contributed by atoms with Gasteiger partial charge in [-0.1, -0.05) is 25.3 Å². The van der Waals surface area contributed by atoms with Crippen LogP contribution >= 0.6 is 0 Å². The molecule has 26 heavy (non-hydrogen) atoms. The molecule has 1 fully saturated rings. The zero-order chi connectivity index (χ0) is 18.9. The van der Waals surface area contributed by atoms with Crippen LogP contribution in [0.3, 0.4) is 0 Å². The number of carbonyl (C=O) groups excluding carboxylic acids is 2. The molecule has 0 radical (unpaired) electrons. The summed E-state index contributed by atoms with van der Waals surface area (Å²) in [5.41, 5.74) is 0.937. The summed E-state index contributed by atoms with van der Waals surface area (Å²) in [6.07, 6.45) is 6.00. The molecule has 6 heteroatoms. The SMILES string of the molecule is COc1ccc(CNC(=O)CCN(C(C)=O)C2CCCCC2)cc1OC. The molecule has 1 aromatic rings. The predicted octanol–water partition coefficient (Wildman–Crippen LogP) is 2.89. The summed E-state index contributed by atoms with van der Waals surface area (Å²) in [7, 11) is 3.17. The fourth-order valence-electron chi connectivity index (χ4n) is 3.49. The Kier molecular flexibility index (Phi) is 7.75. The molecule has 0 spiro atoms. The van der Waals surface area contributed by atoms with Gasteiger partial charge in [-0.2, -0.15) is 0 Å². The lowest BCUT2D eigenvalue weighted by Gasteiger charge is -2.33. The Morgan fingerprint density at radius 1 is 1.12 bits per heavy atom. The second kappa shape index (κ2) is 10.0. The van der Waals surface area contributed by atoms with Crippen LogP contribution in [0.25, 0.3) is 0 Å². The highest BCUT2D eigenvalue weighted by Gasteiger charge is 2.23. The molecule has 0 bridgehead atoms. The molecule has 1 aliphatic carbocycles. The van der Waals surface area contributed by atoms with Gasteiger partial charge in [0.25, 0.3) is 0 Å². The van der Waals surface area contributed by atoms with E-state index in [9.17, 15) is 9.59 Å². The summed E-state index contributed by atoms with van der Waals surface area (Å²) in [5, 5.41) is 2.91. The molecule has 1 saturated carbocycles. The fourth-order valence-corrected chi connectivity index (χ4v) is 3.49. The van der Waals surface area contributed by atoms with E-state index >= 15 is 0 Å². The highest BCUT2D eigenvalue weighted by molar-refractivity contribution is 5.78. The number of nitrogens with zero attached hydrogens (tertiary/aromatic N) is 1. The molecule has 1 aromatic carbocycles. The maximum Gasteiger partial charge on any atom is 0.222 e. The van der Waals surface area contributed by atoms with E-state index in [0.717, 1.165) is 18.4 Å². The van der Waals surface area contributed by atoms with Gasteiger partial charge < -0.3 is 19.7 Å². The number of benzene rings is 1. The summed E-state index contributed by atoms with van der Waals surface area (Å²) in [6, 6.07) is 5.86. The van der Waals surface area contributed by atoms with Crippen molar-refractivity contribution in [1.29, 1.82) is 0 Å². The van der Waals surface area contributed by atoms with Gasteiger partial charge in [0.05, 0.1) is 14.2 Å². The number of hydrogen-bond acceptors (Lipinski definition) is 4. The summed E-state index contributed by atoms with van der Waals surface area (Å²) in [4.78, 5) is 26.0. The number of carbonyl (C=O) groups is 2. The Bertz CT molecular complexity index is 612. The molecular weight excluding hydrogens is 332 g/mol. The van der Waals surface area contributed by atoms with Crippen LogP contribution in [0, 0.1) is 0 Å². The van der Waals surface area contributed by atoms with Gasteiger partial charge in [0.15, 0.2) is 11.5 Å². The van der Waals surface area contributed by atoms with Gasteiger partial charge in [0, 0.05) is 32.5 Å². The lowest BCUT2D eigenvalue weighted by atomic mass is 9.94. The van der Waals surface area contributed by atoms with Gasteiger partial charge in [-0.3, -0.25) is 9.59 Å². The van der Waals surface area contributed by atoms with Crippen molar-refractivity contribution in [3.05, 3.63) is 23.8 Å². The van der Waals surface area contributed by atoms with Gasteiger partial charge in [-0.15, -0.1) is 0 Å². The van der Waals surface area contributed by atoms with Crippen molar-refractivity contribution in [2.24, 2.45) is 0 Å². The van der Waals surface area contributed by atoms with Crippen LogP contribution < -0.4 is 14.8 Å². The van der Waals surface area contributed by atoms with E-state index < -0.39 is 0 Å². The summed E-state index contributed by atoms with van der Waals surface area (Å²) in [5.74, 6) is 1.30. The summed E-state index contributed by atoms with van der Waals surface area (Å²) < 4.78 is 10.5. The third-order valence-electron chi connectivity index (χ3n) is 4.94. The Hall–Kier alpha value is -2.24. The Morgan fingerprint density at radius 2 is 1.81 bits per heavy atom. The van der Waals surface area contributed by atoms with Crippen molar-refractivity contribution in [2.45, 2.75) is 58.0 Å². The minimum Gasteiger partial charge on any atom is -0.493 e. The number of nitrogens with one attached hydrogen (secondary N) is 1. The second-order valence-electron chi connectivity index (χ2n) is 6.72. The van der Waals surface area contributed by atoms with E-state index in [0.29, 0.717) is 37.1 Å². The minimum atomic E-state index is -0.0538. The maximum atomic E-state index is 12.2. The molecule has 0 unspecified atom stereocenters. The molecule has 2 rings (SSSR count). The van der Waals surface area contributed by atoms with Crippen molar-refractivity contribution < 1.29 is 19.1 Å². The summed E-state index contributed by atoms with van der Waals surface area (Å²) in [6.45, 7) is 2.50. The first-order valence-electron chi connectivity index (χ1n) is 9.30. The predicted molar refractivity (Wildman–Crippen MR) is 100 cm³/mol. The van der Waals surface area contributed by atoms with Crippen LogP contribution in [0.5, 0.6) is 11.5 Å². The lowest BCUT2D eigenvalue weighted by Crippen LogP contribution is -2.42. The van der Waals surface area contributed by atoms with E-state index in [1.807, 2.05) is 23.1 Å². The minimum absolute atomic E-state index is 0.0538. The monoisotopic (exact) mass is 362 g/mol. The average Bonchev–Trinajstić information content (AvgIpc) is 2.66. The van der Waals surface area contributed by atoms with E-state index in [1.54, 1.807) is 21.1 Å². The number of methoxy groups -OCH3 is 2. The zero-order valence-corrected chi connectivity index (χ0v) is 16.0. The number of amides is 2. The normalized spacial score (nSPS) is 14.6. The van der Waals surface area contributed by atoms with Crippen molar-refractivity contribution in [2.75, 3.05) is 20.8 Å². The first-order chi connectivity index (χ1) is 12.5. The molecule has 0 aliphatic heterocycles. The average molecular weight is 362 g/mol. The Labute approximate surface area is 155 Å². The summed E-state index contributed by atoms with van der Waals surface area (Å²) >= 11 is 0. The molecule has 0 saturated heterocycles. The molecule has 0 heterocycles. The van der Waals surface area contributed by atoms with Crippen LogP contribution in [-0.4, -0.2) is 43.5 Å². The van der Waals surface area contributed by atoms with Crippen LogP contribution in [0.4, 0.5) is 0 Å². The third-order valence-corrected chi connectivity index (χ3v) is 4.94. The van der Waals surface area contributed by atoms with E-state index in [-0.39, 0.29) is 11.8 Å². The number of ether oxygens (including phenoxy) is 2. The van der Waals surface area contributed by atoms with Crippen molar-refractivity contribution in [1.82, 2.24) is 10.2 Å². The first-order valence-corrected chi connectivity index (χ1v) is 9.30. The topological polar surface area (TPSA) is 67.9 Å². The zero-order valence-electron chi connectivity index (χ0n) is 16.0. The van der Waals surface area contributed by atoms with Crippen molar-refractivity contribution >= 4 is 11.8 Å². The van der Waals surface area contributed by atoms with Crippen molar-refractivity contribution in [3.8, 4) is 11.5 Å². The van der Waals surface area contributed by atoms with E-state index in [1.165, 1.54) is 19.3 Å². The maximum absolute atomic E-state index is 12.2. The van der Waals surface area contributed by atoms with Crippen molar-refractivity contribution in [3.63, 3.8) is 0 Å². The van der Waals surface area contributed by atoms with Gasteiger partial charge in [0.1, 0.15) is 0 Å². The van der Waals surface area contributed by atoms with Gasteiger partial charge in [-0.25, -0.2) is 0 Å². The number of rotatable bonds is 8. The molecule has 1 aliphatic rings. The molecule has 0 atom stereocenters. The lowest BCUT2D eigenvalue weighted by molar-refractivity contribution is -0.132. The van der Waals surface area contributed by atoms with Gasteiger partial charge in [-0.05, 0) is 30.5 Å². The molecule has 144 valence electrons. The smallest absolute Gasteiger partial charge is 0.222 e. The molecule has 1 N–H and O–H groups in total. The van der Waals surface area contributed by atoms with Gasteiger partial charge in [0.2, 0.25) is 11.8 Å². The number of hydrogen-bond donors (Lipinski definition) is 1. The quantitative estimate of drug-likeness (QED) is 0.772. The standard InChI is InChI=1S/C20H30N2O4/c1-15(23)22(17-7-5-4-6-8-17)12-11-20(24)21-14-16-9-10-18(25-2)19(13-16)26-3/h9-10,13,17H,4-8,11-12,14H2,1-3H3,(H,21,24). The fraction of sp³-hybridized carbons (Fsp3) is 0.600. The molecular formula is C20H30N2O4. The van der Waals surface area contributed by atoms with E-state index in [2.05, 4.69) is 5.32 Å². The van der Waals surface area contributed by atoms with Crippen LogP contribution in [-0.2, 0) is 16.1 Å². The second-order valence-corrected chi connectivity index (χ2v) is 6.72. The molecule has 0 aromatic heterocycles. The van der Waals surface area contributed by atoms with Gasteiger partial charge >= 0.3 is 0 Å². The molecule has 2 amide bonds. The largest absolute Gasteiger partial charge is 0.493 e. The molecule has 6 nitrogen and oxygen atoms in total. The Balaban J connectivity index is 1.83. The third kappa shape index (κ3) is 5.64. The van der Waals surface area contributed by atoms with Crippen LogP contribution in [0.1, 0.15) is 51.0 Å². The Morgan fingerprint density at radius 3 is 2.42 bits per heavy atom. The highest BCUT2D eigenvalue weighted by Crippen LogP contribution is 2.27. The van der Waals surface area contributed by atoms with E-state index in [4.69, 9.17) is 9.47 Å². The van der Waals surface area contributed by atoms with Crippen LogP contribution in [0.15, 0.2) is 18.2 Å². The first kappa shape index (κ1) is 20.1. The highest BCUT2D eigenvalue weighted by atomic mass is 16.5. The van der Waals surface area contributed by atoms with Crippen LogP contribution in [0.2, 0.25) is 0 Å².